The summed E-state index contributed by atoms with van der Waals surface area (Å²) < 4.78 is 0. The van der Waals surface area contributed by atoms with Crippen molar-refractivity contribution >= 4 is 17.2 Å². The number of pyridine rings is 1. The number of nitrogen functional groups attached to an aromatic ring is 1. The Bertz CT molecular complexity index is 407. The Labute approximate surface area is 81.1 Å². The number of aromatic nitrogens is 1. The van der Waals surface area contributed by atoms with Crippen LogP contribution in [0.3, 0.4) is 0 Å². The molecule has 2 heterocycles. The fourth-order valence-electron chi connectivity index (χ4n) is 1.16. The maximum atomic E-state index is 5.63. The summed E-state index contributed by atoms with van der Waals surface area (Å²) >= 11 is 1.71. The van der Waals surface area contributed by atoms with Crippen LogP contribution >= 0.6 is 11.3 Å². The molecule has 0 aliphatic heterocycles. The predicted octanol–water partition coefficient (Wildman–Crippen LogP) is 2.70. The molecule has 0 aromatic carbocycles. The second-order valence-electron chi connectivity index (χ2n) is 2.90. The lowest BCUT2D eigenvalue weighted by Crippen LogP contribution is -1.93. The van der Waals surface area contributed by atoms with Crippen molar-refractivity contribution in [3.8, 4) is 10.4 Å². The minimum absolute atomic E-state index is 0.611. The molecular formula is C10H10N2S. The van der Waals surface area contributed by atoms with Gasteiger partial charge in [-0.3, -0.25) is 0 Å². The van der Waals surface area contributed by atoms with E-state index in [1.807, 2.05) is 19.2 Å². The molecular weight excluding hydrogens is 180 g/mol. The average molecular weight is 190 g/mol. The van der Waals surface area contributed by atoms with Crippen molar-refractivity contribution in [2.24, 2.45) is 0 Å². The fourth-order valence-corrected chi connectivity index (χ4v) is 1.87. The Morgan fingerprint density at radius 3 is 2.92 bits per heavy atom. The minimum atomic E-state index is 0.611. The van der Waals surface area contributed by atoms with Gasteiger partial charge < -0.3 is 5.73 Å². The van der Waals surface area contributed by atoms with E-state index in [9.17, 15) is 0 Å². The number of anilines is 1. The predicted molar refractivity (Wildman–Crippen MR) is 56.7 cm³/mol. The van der Waals surface area contributed by atoms with E-state index in [4.69, 9.17) is 5.73 Å². The van der Waals surface area contributed by atoms with Gasteiger partial charge in [-0.2, -0.15) is 0 Å². The Kier molecular flexibility index (Phi) is 2.02. The molecule has 0 aliphatic rings. The Morgan fingerprint density at radius 1 is 1.46 bits per heavy atom. The lowest BCUT2D eigenvalue weighted by atomic mass is 10.2. The van der Waals surface area contributed by atoms with Crippen LogP contribution in [-0.4, -0.2) is 4.98 Å². The van der Waals surface area contributed by atoms with E-state index in [1.54, 1.807) is 11.3 Å². The molecule has 0 fully saturated rings. The van der Waals surface area contributed by atoms with E-state index in [-0.39, 0.29) is 0 Å². The summed E-state index contributed by atoms with van der Waals surface area (Å²) in [5, 5.41) is 2.06. The van der Waals surface area contributed by atoms with Crippen LogP contribution in [0, 0.1) is 6.92 Å². The van der Waals surface area contributed by atoms with Crippen molar-refractivity contribution in [1.82, 2.24) is 4.98 Å². The van der Waals surface area contributed by atoms with Gasteiger partial charge in [0.1, 0.15) is 5.82 Å². The summed E-state index contributed by atoms with van der Waals surface area (Å²) in [5.41, 5.74) is 7.81. The van der Waals surface area contributed by atoms with Gasteiger partial charge in [0.2, 0.25) is 0 Å². The number of nitrogens with zero attached hydrogens (tertiary/aromatic N) is 1. The first-order chi connectivity index (χ1) is 6.27. The Hall–Kier alpha value is -1.35. The standard InChI is InChI=1S/C10H10N2S/c1-7-5-8(6-12-10(7)11)9-3-2-4-13-9/h2-6H,1H3,(H2,11,12). The molecule has 66 valence electrons. The van der Waals surface area contributed by atoms with Crippen LogP contribution in [-0.2, 0) is 0 Å². The Morgan fingerprint density at radius 2 is 2.31 bits per heavy atom. The highest BCUT2D eigenvalue weighted by Gasteiger charge is 2.01. The zero-order valence-corrected chi connectivity index (χ0v) is 8.14. The van der Waals surface area contributed by atoms with E-state index in [0.717, 1.165) is 11.1 Å². The highest BCUT2D eigenvalue weighted by atomic mass is 32.1. The lowest BCUT2D eigenvalue weighted by Gasteiger charge is -2.01. The number of thiophene rings is 1. The van der Waals surface area contributed by atoms with Crippen molar-refractivity contribution in [1.29, 1.82) is 0 Å². The zero-order chi connectivity index (χ0) is 9.26. The summed E-state index contributed by atoms with van der Waals surface area (Å²) in [6.45, 7) is 1.97. The van der Waals surface area contributed by atoms with Crippen molar-refractivity contribution in [2.45, 2.75) is 6.92 Å². The van der Waals surface area contributed by atoms with Gasteiger partial charge in [0, 0.05) is 16.6 Å². The molecule has 0 saturated carbocycles. The maximum Gasteiger partial charge on any atom is 0.126 e. The van der Waals surface area contributed by atoms with Crippen molar-refractivity contribution in [2.75, 3.05) is 5.73 Å². The minimum Gasteiger partial charge on any atom is -0.383 e. The first kappa shape index (κ1) is 8.26. The second kappa shape index (κ2) is 3.18. The summed E-state index contributed by atoms with van der Waals surface area (Å²) in [5.74, 6) is 0.611. The van der Waals surface area contributed by atoms with Crippen molar-refractivity contribution in [3.63, 3.8) is 0 Å². The molecule has 2 aromatic rings. The van der Waals surface area contributed by atoms with Gasteiger partial charge >= 0.3 is 0 Å². The van der Waals surface area contributed by atoms with Crippen LogP contribution in [0.1, 0.15) is 5.56 Å². The van der Waals surface area contributed by atoms with Crippen molar-refractivity contribution < 1.29 is 0 Å². The Balaban J connectivity index is 2.49. The van der Waals surface area contributed by atoms with Crippen molar-refractivity contribution in [3.05, 3.63) is 35.3 Å². The molecule has 2 aromatic heterocycles. The second-order valence-corrected chi connectivity index (χ2v) is 3.85. The topological polar surface area (TPSA) is 38.9 Å². The lowest BCUT2D eigenvalue weighted by molar-refractivity contribution is 1.28. The molecule has 0 bridgehead atoms. The molecule has 0 unspecified atom stereocenters. The first-order valence-corrected chi connectivity index (χ1v) is 4.91. The van der Waals surface area contributed by atoms with Gasteiger partial charge in [-0.1, -0.05) is 6.07 Å². The molecule has 0 spiro atoms. The van der Waals surface area contributed by atoms with Crippen LogP contribution in [0.2, 0.25) is 0 Å². The average Bonchev–Trinajstić information content (AvgIpc) is 2.62. The van der Waals surface area contributed by atoms with Crippen LogP contribution in [0.25, 0.3) is 10.4 Å². The number of hydrogen-bond acceptors (Lipinski definition) is 3. The fraction of sp³-hybridized carbons (Fsp3) is 0.100. The maximum absolute atomic E-state index is 5.63. The third-order valence-corrected chi connectivity index (χ3v) is 2.84. The third-order valence-electron chi connectivity index (χ3n) is 1.92. The van der Waals surface area contributed by atoms with Crippen LogP contribution in [0.4, 0.5) is 5.82 Å². The molecule has 0 radical (unpaired) electrons. The normalized spacial score (nSPS) is 10.2. The number of nitrogens with two attached hydrogens (primary N) is 1. The monoisotopic (exact) mass is 190 g/mol. The number of aryl methyl sites for hydroxylation is 1. The molecule has 0 atom stereocenters. The van der Waals surface area contributed by atoms with Gasteiger partial charge in [0.15, 0.2) is 0 Å². The van der Waals surface area contributed by atoms with E-state index < -0.39 is 0 Å². The molecule has 2 N–H and O–H groups in total. The van der Waals surface area contributed by atoms with Gasteiger partial charge in [0.25, 0.3) is 0 Å². The first-order valence-electron chi connectivity index (χ1n) is 4.03. The third kappa shape index (κ3) is 1.55. The summed E-state index contributed by atoms with van der Waals surface area (Å²) in [7, 11) is 0. The molecule has 2 nitrogen and oxygen atoms in total. The molecule has 3 heteroatoms. The summed E-state index contributed by atoms with van der Waals surface area (Å²) in [6, 6.07) is 6.18. The van der Waals surface area contributed by atoms with Gasteiger partial charge in [-0.25, -0.2) is 4.98 Å². The SMILES string of the molecule is Cc1cc(-c2cccs2)cnc1N. The largest absolute Gasteiger partial charge is 0.383 e. The summed E-state index contributed by atoms with van der Waals surface area (Å²) in [4.78, 5) is 5.35. The number of hydrogen-bond donors (Lipinski definition) is 1. The number of rotatable bonds is 1. The van der Waals surface area contributed by atoms with E-state index in [1.165, 1.54) is 4.88 Å². The van der Waals surface area contributed by atoms with E-state index >= 15 is 0 Å². The molecule has 0 amide bonds. The van der Waals surface area contributed by atoms with Gasteiger partial charge in [0.05, 0.1) is 0 Å². The summed E-state index contributed by atoms with van der Waals surface area (Å²) in [6.07, 6.45) is 1.81. The molecule has 0 saturated heterocycles. The quantitative estimate of drug-likeness (QED) is 0.751. The zero-order valence-electron chi connectivity index (χ0n) is 7.32. The molecule has 13 heavy (non-hydrogen) atoms. The van der Waals surface area contributed by atoms with Crippen LogP contribution in [0.15, 0.2) is 29.8 Å². The van der Waals surface area contributed by atoms with E-state index in [0.29, 0.717) is 5.82 Å². The molecule has 2 rings (SSSR count). The van der Waals surface area contributed by atoms with E-state index in [2.05, 4.69) is 22.5 Å². The smallest absolute Gasteiger partial charge is 0.126 e. The van der Waals surface area contributed by atoms with Crippen LogP contribution < -0.4 is 5.73 Å². The van der Waals surface area contributed by atoms with Gasteiger partial charge in [-0.05, 0) is 30.0 Å². The highest BCUT2D eigenvalue weighted by molar-refractivity contribution is 7.13. The van der Waals surface area contributed by atoms with Gasteiger partial charge in [-0.15, -0.1) is 11.3 Å². The van der Waals surface area contributed by atoms with Crippen LogP contribution in [0.5, 0.6) is 0 Å². The molecule has 0 aliphatic carbocycles. The highest BCUT2D eigenvalue weighted by Crippen LogP contribution is 2.25.